The maximum absolute atomic E-state index is 14.9. The first-order chi connectivity index (χ1) is 18.5. The first kappa shape index (κ1) is 29.7. The van der Waals surface area contributed by atoms with Crippen molar-refractivity contribution >= 4 is 46.6 Å². The molecule has 1 aromatic carbocycles. The zero-order chi connectivity index (χ0) is 29.7. The molecule has 0 bridgehead atoms. The van der Waals surface area contributed by atoms with Gasteiger partial charge in [0, 0.05) is 25.0 Å². The van der Waals surface area contributed by atoms with Crippen LogP contribution in [0.1, 0.15) is 11.1 Å². The van der Waals surface area contributed by atoms with Gasteiger partial charge in [0.05, 0.1) is 17.5 Å². The highest BCUT2D eigenvalue weighted by molar-refractivity contribution is 7.46. The molecule has 0 aliphatic rings. The van der Waals surface area contributed by atoms with Crippen LogP contribution in [-0.4, -0.2) is 29.4 Å². The third-order valence-corrected chi connectivity index (χ3v) is 8.03. The smallest absolute Gasteiger partial charge is 0.303 e. The standard InChI is InChI=1S/C21H16F5N4O7PS2/c1-28-17(32)14-9(6-39-18(14)29(2)20(28)33)5-13(31)27-19-30(8-37-38(34,35)36)12(7-40-19)10-3-4-11(22)15(16(10)23)21(24,25)26/h3-4,6-7H,5,8H2,1-2H3,(H2,34,35,36). The Hall–Kier alpha value is -3.28. The fourth-order valence-corrected chi connectivity index (χ4v) is 5.96. The van der Waals surface area contributed by atoms with Crippen molar-refractivity contribution in [2.24, 2.45) is 19.1 Å². The fraction of sp³-hybridized carbons (Fsp3) is 0.238. The van der Waals surface area contributed by atoms with Crippen LogP contribution < -0.4 is 16.1 Å². The number of hydrogen-bond acceptors (Lipinski definition) is 7. The average molecular weight is 626 g/mol. The minimum Gasteiger partial charge on any atom is -0.303 e. The van der Waals surface area contributed by atoms with Gasteiger partial charge in [-0.05, 0) is 23.1 Å². The van der Waals surface area contributed by atoms with Crippen LogP contribution in [0, 0.1) is 11.6 Å². The molecule has 11 nitrogen and oxygen atoms in total. The van der Waals surface area contributed by atoms with Gasteiger partial charge in [-0.3, -0.25) is 27.8 Å². The lowest BCUT2D eigenvalue weighted by Crippen LogP contribution is -2.36. The lowest BCUT2D eigenvalue weighted by Gasteiger charge is -2.14. The third kappa shape index (κ3) is 5.63. The average Bonchev–Trinajstić information content (AvgIpc) is 3.43. The molecule has 40 heavy (non-hydrogen) atoms. The molecule has 0 unspecified atom stereocenters. The number of alkyl halides is 3. The zero-order valence-electron chi connectivity index (χ0n) is 20.1. The molecule has 2 N–H and O–H groups in total. The Morgan fingerprint density at radius 2 is 1.77 bits per heavy atom. The summed E-state index contributed by atoms with van der Waals surface area (Å²) in [6.07, 6.45) is -5.87. The van der Waals surface area contributed by atoms with Gasteiger partial charge in [-0.15, -0.1) is 22.7 Å². The summed E-state index contributed by atoms with van der Waals surface area (Å²) in [6.45, 7) is -1.07. The van der Waals surface area contributed by atoms with Crippen LogP contribution >= 0.6 is 30.5 Å². The Morgan fingerprint density at radius 3 is 2.40 bits per heavy atom. The second kappa shape index (κ2) is 10.6. The van der Waals surface area contributed by atoms with Crippen LogP contribution in [0.15, 0.2) is 37.5 Å². The number of thiophene rings is 1. The molecule has 4 rings (SSSR count). The van der Waals surface area contributed by atoms with Crippen LogP contribution in [0.4, 0.5) is 22.0 Å². The van der Waals surface area contributed by atoms with Crippen LogP contribution in [-0.2, 0) is 47.3 Å². The van der Waals surface area contributed by atoms with Gasteiger partial charge in [0.25, 0.3) is 11.5 Å². The van der Waals surface area contributed by atoms with Gasteiger partial charge < -0.3 is 9.79 Å². The van der Waals surface area contributed by atoms with Crippen LogP contribution in [0.5, 0.6) is 0 Å². The summed E-state index contributed by atoms with van der Waals surface area (Å²) in [5.41, 5.74) is -4.45. The molecule has 0 saturated carbocycles. The van der Waals surface area contributed by atoms with Crippen molar-refractivity contribution in [1.29, 1.82) is 0 Å². The molecule has 0 fully saturated rings. The van der Waals surface area contributed by atoms with E-state index in [9.17, 15) is 40.9 Å². The molecule has 3 heterocycles. The van der Waals surface area contributed by atoms with Crippen molar-refractivity contribution in [1.82, 2.24) is 13.7 Å². The molecule has 3 aromatic heterocycles. The number of phosphoric acid groups is 1. The van der Waals surface area contributed by atoms with Gasteiger partial charge in [0.2, 0.25) is 0 Å². The van der Waals surface area contributed by atoms with Gasteiger partial charge in [0.1, 0.15) is 28.8 Å². The maximum atomic E-state index is 14.9. The number of hydrogen-bond donors (Lipinski definition) is 2. The van der Waals surface area contributed by atoms with E-state index in [0.717, 1.165) is 25.9 Å². The number of aryl methyl sites for hydroxylation is 1. The largest absolute Gasteiger partial charge is 0.471 e. The Labute approximate surface area is 226 Å². The number of thiazole rings is 1. The molecule has 0 radical (unpaired) electrons. The Bertz CT molecular complexity index is 1900. The monoisotopic (exact) mass is 626 g/mol. The predicted molar refractivity (Wildman–Crippen MR) is 132 cm³/mol. The molecular formula is C21H16F5N4O7PS2. The van der Waals surface area contributed by atoms with E-state index in [0.29, 0.717) is 28.3 Å². The molecule has 0 atom stereocenters. The summed E-state index contributed by atoms with van der Waals surface area (Å²) >= 11 is 1.62. The molecular weight excluding hydrogens is 610 g/mol. The number of fused-ring (bicyclic) bond motifs is 1. The van der Waals surface area contributed by atoms with Crippen LogP contribution in [0.2, 0.25) is 0 Å². The minimum atomic E-state index is -5.40. The summed E-state index contributed by atoms with van der Waals surface area (Å²) in [4.78, 5) is 59.6. The molecule has 4 aromatic rings. The SMILES string of the molecule is Cn1c(=O)c2c(CC(=O)N=c3scc(-c4ccc(F)c(C(F)(F)F)c4F)n3COP(=O)(O)O)csc2n(C)c1=O. The normalized spacial score (nSPS) is 13.0. The van der Waals surface area contributed by atoms with E-state index >= 15 is 0 Å². The zero-order valence-corrected chi connectivity index (χ0v) is 22.6. The summed E-state index contributed by atoms with van der Waals surface area (Å²) in [5.74, 6) is -4.78. The number of benzene rings is 1. The van der Waals surface area contributed by atoms with E-state index in [1.807, 2.05) is 0 Å². The van der Waals surface area contributed by atoms with Crippen LogP contribution in [0.3, 0.4) is 0 Å². The first-order valence-electron chi connectivity index (χ1n) is 10.7. The van der Waals surface area contributed by atoms with E-state index in [4.69, 9.17) is 9.79 Å². The predicted octanol–water partition coefficient (Wildman–Crippen LogP) is 2.86. The Balaban J connectivity index is 1.82. The minimum absolute atomic E-state index is 0.0933. The second-order valence-corrected chi connectivity index (χ2v) is 11.1. The number of rotatable bonds is 6. The van der Waals surface area contributed by atoms with Gasteiger partial charge in [-0.1, -0.05) is 0 Å². The van der Waals surface area contributed by atoms with Gasteiger partial charge in [-0.2, -0.15) is 18.2 Å². The number of carbonyl (C=O) groups excluding carboxylic acids is 1. The highest BCUT2D eigenvalue weighted by atomic mass is 32.1. The molecule has 214 valence electrons. The van der Waals surface area contributed by atoms with E-state index in [1.54, 1.807) is 0 Å². The summed E-state index contributed by atoms with van der Waals surface area (Å²) in [7, 11) is -2.47. The van der Waals surface area contributed by atoms with E-state index in [-0.39, 0.29) is 15.8 Å². The number of nitrogens with zero attached hydrogens (tertiary/aromatic N) is 4. The van der Waals surface area contributed by atoms with Crippen molar-refractivity contribution < 1.29 is 45.6 Å². The quantitative estimate of drug-likeness (QED) is 0.247. The van der Waals surface area contributed by atoms with Crippen molar-refractivity contribution in [2.75, 3.05) is 0 Å². The molecule has 0 aliphatic heterocycles. The molecule has 19 heteroatoms. The van der Waals surface area contributed by atoms with E-state index in [1.165, 1.54) is 24.0 Å². The Kier molecular flexibility index (Phi) is 7.87. The Morgan fingerprint density at radius 1 is 1.10 bits per heavy atom. The lowest BCUT2D eigenvalue weighted by atomic mass is 10.1. The summed E-state index contributed by atoms with van der Waals surface area (Å²) < 4.78 is 87.0. The summed E-state index contributed by atoms with van der Waals surface area (Å²) in [6, 6.07) is 1.05. The summed E-state index contributed by atoms with van der Waals surface area (Å²) in [5, 5.41) is 2.60. The van der Waals surface area contributed by atoms with Crippen molar-refractivity contribution in [3.8, 4) is 11.3 Å². The second-order valence-electron chi connectivity index (χ2n) is 8.19. The molecule has 0 spiro atoms. The number of halogens is 5. The molecule has 1 amide bonds. The van der Waals surface area contributed by atoms with E-state index < -0.39 is 72.8 Å². The molecule has 0 aliphatic carbocycles. The van der Waals surface area contributed by atoms with Gasteiger partial charge in [0.15, 0.2) is 4.80 Å². The number of phosphoric ester groups is 1. The lowest BCUT2D eigenvalue weighted by molar-refractivity contribution is -0.142. The number of aromatic nitrogens is 3. The van der Waals surface area contributed by atoms with Gasteiger partial charge in [-0.25, -0.2) is 18.1 Å². The highest BCUT2D eigenvalue weighted by Gasteiger charge is 2.39. The van der Waals surface area contributed by atoms with Crippen molar-refractivity contribution in [2.45, 2.75) is 19.3 Å². The van der Waals surface area contributed by atoms with Gasteiger partial charge >= 0.3 is 19.7 Å². The number of amides is 1. The van der Waals surface area contributed by atoms with Crippen molar-refractivity contribution in [3.05, 3.63) is 71.3 Å². The first-order valence-corrected chi connectivity index (χ1v) is 14.0. The molecule has 0 saturated heterocycles. The van der Waals surface area contributed by atoms with E-state index in [2.05, 4.69) is 9.52 Å². The van der Waals surface area contributed by atoms with Crippen LogP contribution in [0.25, 0.3) is 21.5 Å². The topological polar surface area (TPSA) is 145 Å². The number of carbonyl (C=O) groups is 1. The third-order valence-electron chi connectivity index (χ3n) is 5.61. The van der Waals surface area contributed by atoms with Crippen molar-refractivity contribution in [3.63, 3.8) is 0 Å². The fourth-order valence-electron chi connectivity index (χ4n) is 3.77. The highest BCUT2D eigenvalue weighted by Crippen LogP contribution is 2.39. The maximum Gasteiger partial charge on any atom is 0.471 e.